The van der Waals surface area contributed by atoms with Gasteiger partial charge in [0, 0.05) is 25.1 Å². The van der Waals surface area contributed by atoms with Crippen LogP contribution in [0.2, 0.25) is 5.02 Å². The number of carbonyl (C=O) groups excluding carboxylic acids is 1. The zero-order valence-corrected chi connectivity index (χ0v) is 14.0. The van der Waals surface area contributed by atoms with Crippen molar-refractivity contribution in [1.82, 2.24) is 4.31 Å². The average Bonchev–Trinajstić information content (AvgIpc) is 2.50. The Morgan fingerprint density at radius 2 is 2.18 bits per heavy atom. The van der Waals surface area contributed by atoms with Crippen LogP contribution in [-0.4, -0.2) is 37.3 Å². The predicted octanol–water partition coefficient (Wildman–Crippen LogP) is 3.11. The topological polar surface area (TPSA) is 54.5 Å². The number of Topliss-reactive ketones (excluding diaryl/α,β-unsaturated/α-hetero) is 1. The molecule has 0 spiro atoms. The van der Waals surface area contributed by atoms with Crippen LogP contribution in [0.3, 0.4) is 0 Å². The van der Waals surface area contributed by atoms with Crippen molar-refractivity contribution in [3.8, 4) is 0 Å². The maximum absolute atomic E-state index is 13.4. The normalized spacial score (nSPS) is 20.0. The van der Waals surface area contributed by atoms with Gasteiger partial charge in [0.1, 0.15) is 5.82 Å². The first-order chi connectivity index (χ1) is 10.3. The van der Waals surface area contributed by atoms with Gasteiger partial charge in [-0.05, 0) is 43.9 Å². The molecule has 1 fully saturated rings. The highest BCUT2D eigenvalue weighted by Gasteiger charge is 2.29. The van der Waals surface area contributed by atoms with Gasteiger partial charge in [-0.1, -0.05) is 11.6 Å². The van der Waals surface area contributed by atoms with E-state index in [1.54, 1.807) is 6.92 Å². The lowest BCUT2D eigenvalue weighted by molar-refractivity contribution is 0.0942. The van der Waals surface area contributed by atoms with Crippen molar-refractivity contribution in [2.45, 2.75) is 26.2 Å². The number of halogens is 2. The summed E-state index contributed by atoms with van der Waals surface area (Å²) in [7, 11) is -3.22. The molecule has 1 aromatic rings. The number of hydrogen-bond acceptors (Lipinski definition) is 3. The summed E-state index contributed by atoms with van der Waals surface area (Å²) in [5, 5.41) is -0.0190. The molecule has 0 amide bonds. The molecule has 0 aliphatic carbocycles. The number of nitrogens with zero attached hydrogens (tertiary/aromatic N) is 1. The van der Waals surface area contributed by atoms with Crippen LogP contribution in [0, 0.1) is 11.7 Å². The lowest BCUT2D eigenvalue weighted by atomic mass is 9.92. The molecule has 22 heavy (non-hydrogen) atoms. The molecule has 1 heterocycles. The molecule has 0 N–H and O–H groups in total. The van der Waals surface area contributed by atoms with E-state index >= 15 is 0 Å². The number of sulfonamides is 1. The summed E-state index contributed by atoms with van der Waals surface area (Å²) < 4.78 is 38.7. The SMILES string of the molecule is CCS(=O)(=O)N1CCCC(CC(=O)c2ccc(Cl)c(F)c2)C1. The maximum Gasteiger partial charge on any atom is 0.213 e. The van der Waals surface area contributed by atoms with E-state index in [1.165, 1.54) is 16.4 Å². The van der Waals surface area contributed by atoms with Gasteiger partial charge >= 0.3 is 0 Å². The van der Waals surface area contributed by atoms with Crippen molar-refractivity contribution < 1.29 is 17.6 Å². The molecule has 1 aliphatic rings. The number of hydrogen-bond donors (Lipinski definition) is 0. The Labute approximate surface area is 135 Å². The lowest BCUT2D eigenvalue weighted by Gasteiger charge is -2.31. The van der Waals surface area contributed by atoms with E-state index in [4.69, 9.17) is 11.6 Å². The van der Waals surface area contributed by atoms with Crippen molar-refractivity contribution in [2.75, 3.05) is 18.8 Å². The Morgan fingerprint density at radius 1 is 1.45 bits per heavy atom. The number of ketones is 1. The first-order valence-corrected chi connectivity index (χ1v) is 9.28. The van der Waals surface area contributed by atoms with Gasteiger partial charge in [-0.15, -0.1) is 0 Å². The van der Waals surface area contributed by atoms with Gasteiger partial charge in [0.05, 0.1) is 10.8 Å². The zero-order chi connectivity index (χ0) is 16.3. The van der Waals surface area contributed by atoms with Crippen LogP contribution in [0.5, 0.6) is 0 Å². The van der Waals surface area contributed by atoms with Crippen LogP contribution in [0.1, 0.15) is 36.5 Å². The van der Waals surface area contributed by atoms with E-state index in [9.17, 15) is 17.6 Å². The molecule has 0 saturated carbocycles. The minimum atomic E-state index is -3.22. The highest BCUT2D eigenvalue weighted by atomic mass is 35.5. The third-order valence-corrected chi connectivity index (χ3v) is 6.11. The minimum absolute atomic E-state index is 0.0190. The second kappa shape index (κ2) is 7.06. The van der Waals surface area contributed by atoms with E-state index in [0.29, 0.717) is 13.1 Å². The fraction of sp³-hybridized carbons (Fsp3) is 0.533. The summed E-state index contributed by atoms with van der Waals surface area (Å²) >= 11 is 5.60. The van der Waals surface area contributed by atoms with Crippen LogP contribution in [-0.2, 0) is 10.0 Å². The lowest BCUT2D eigenvalue weighted by Crippen LogP contribution is -2.41. The molecule has 2 rings (SSSR count). The molecule has 122 valence electrons. The fourth-order valence-electron chi connectivity index (χ4n) is 2.68. The second-order valence-electron chi connectivity index (χ2n) is 5.52. The second-order valence-corrected chi connectivity index (χ2v) is 8.19. The highest BCUT2D eigenvalue weighted by Crippen LogP contribution is 2.24. The molecule has 0 aromatic heterocycles. The molecule has 7 heteroatoms. The standard InChI is InChI=1S/C15H19ClFNO3S/c1-2-22(20,21)18-7-3-4-11(10-18)8-15(19)12-5-6-13(16)14(17)9-12/h5-6,9,11H,2-4,7-8,10H2,1H3. The Morgan fingerprint density at radius 3 is 2.82 bits per heavy atom. The molecule has 1 aromatic carbocycles. The zero-order valence-electron chi connectivity index (χ0n) is 12.4. The third kappa shape index (κ3) is 4.06. The first kappa shape index (κ1) is 17.4. The molecule has 1 atom stereocenters. The molecule has 1 saturated heterocycles. The number of piperidine rings is 1. The first-order valence-electron chi connectivity index (χ1n) is 7.29. The van der Waals surface area contributed by atoms with Crippen LogP contribution < -0.4 is 0 Å². The van der Waals surface area contributed by atoms with E-state index in [0.717, 1.165) is 18.9 Å². The van der Waals surface area contributed by atoms with Gasteiger partial charge in [-0.2, -0.15) is 0 Å². The van der Waals surface area contributed by atoms with E-state index in [-0.39, 0.29) is 34.5 Å². The molecule has 1 aliphatic heterocycles. The molecule has 1 unspecified atom stereocenters. The van der Waals surface area contributed by atoms with Gasteiger partial charge in [0.25, 0.3) is 0 Å². The Hall–Kier alpha value is -0.980. The Kier molecular flexibility index (Phi) is 5.58. The van der Waals surface area contributed by atoms with E-state index < -0.39 is 15.8 Å². The van der Waals surface area contributed by atoms with Gasteiger partial charge < -0.3 is 0 Å². The molecule has 0 bridgehead atoms. The van der Waals surface area contributed by atoms with Crippen molar-refractivity contribution >= 4 is 27.4 Å². The summed E-state index contributed by atoms with van der Waals surface area (Å²) in [4.78, 5) is 12.2. The van der Waals surface area contributed by atoms with Gasteiger partial charge in [-0.3, -0.25) is 4.79 Å². The monoisotopic (exact) mass is 347 g/mol. The van der Waals surface area contributed by atoms with Crippen molar-refractivity contribution in [3.05, 3.63) is 34.6 Å². The fourth-order valence-corrected chi connectivity index (χ4v) is 4.01. The number of carbonyl (C=O) groups is 1. The van der Waals surface area contributed by atoms with Crippen molar-refractivity contribution in [2.24, 2.45) is 5.92 Å². The third-order valence-electron chi connectivity index (χ3n) is 3.96. The Balaban J connectivity index is 2.03. The Bertz CT molecular complexity index is 663. The molecule has 4 nitrogen and oxygen atoms in total. The summed E-state index contributed by atoms with van der Waals surface area (Å²) in [5.41, 5.74) is 0.275. The molecular formula is C15H19ClFNO3S. The summed E-state index contributed by atoms with van der Waals surface area (Å²) in [6.07, 6.45) is 1.76. The van der Waals surface area contributed by atoms with Crippen LogP contribution in [0.4, 0.5) is 4.39 Å². The summed E-state index contributed by atoms with van der Waals surface area (Å²) in [5.74, 6) is -0.764. The summed E-state index contributed by atoms with van der Waals surface area (Å²) in [6.45, 7) is 2.48. The minimum Gasteiger partial charge on any atom is -0.294 e. The van der Waals surface area contributed by atoms with E-state index in [1.807, 2.05) is 0 Å². The average molecular weight is 348 g/mol. The van der Waals surface area contributed by atoms with Crippen molar-refractivity contribution in [1.29, 1.82) is 0 Å². The number of benzene rings is 1. The number of rotatable bonds is 5. The van der Waals surface area contributed by atoms with Crippen LogP contribution >= 0.6 is 11.6 Å². The largest absolute Gasteiger partial charge is 0.294 e. The maximum atomic E-state index is 13.4. The molecular weight excluding hydrogens is 329 g/mol. The van der Waals surface area contributed by atoms with Gasteiger partial charge in [0.15, 0.2) is 5.78 Å². The van der Waals surface area contributed by atoms with Crippen LogP contribution in [0.25, 0.3) is 0 Å². The van der Waals surface area contributed by atoms with E-state index in [2.05, 4.69) is 0 Å². The molecule has 0 radical (unpaired) electrons. The smallest absolute Gasteiger partial charge is 0.213 e. The highest BCUT2D eigenvalue weighted by molar-refractivity contribution is 7.89. The van der Waals surface area contributed by atoms with Crippen LogP contribution in [0.15, 0.2) is 18.2 Å². The van der Waals surface area contributed by atoms with Crippen molar-refractivity contribution in [3.63, 3.8) is 0 Å². The van der Waals surface area contributed by atoms with Gasteiger partial charge in [-0.25, -0.2) is 17.1 Å². The summed E-state index contributed by atoms with van der Waals surface area (Å²) in [6, 6.07) is 3.99. The predicted molar refractivity (Wildman–Crippen MR) is 84.1 cm³/mol. The quantitative estimate of drug-likeness (QED) is 0.769. The van der Waals surface area contributed by atoms with Gasteiger partial charge in [0.2, 0.25) is 10.0 Å².